The van der Waals surface area contributed by atoms with Gasteiger partial charge in [0.2, 0.25) is 0 Å². The molecule has 0 aliphatic carbocycles. The third kappa shape index (κ3) is 2.82. The Balaban J connectivity index is 2.51. The number of aromatic nitrogens is 2. The van der Waals surface area contributed by atoms with Crippen molar-refractivity contribution in [2.75, 3.05) is 19.7 Å². The Kier molecular flexibility index (Phi) is 3.92. The summed E-state index contributed by atoms with van der Waals surface area (Å²) in [5, 5.41) is 8.80. The average Bonchev–Trinajstić information content (AvgIpc) is 2.51. The van der Waals surface area contributed by atoms with Crippen molar-refractivity contribution in [3.63, 3.8) is 0 Å². The van der Waals surface area contributed by atoms with Crippen molar-refractivity contribution < 1.29 is 5.11 Å². The van der Waals surface area contributed by atoms with Crippen LogP contribution in [0, 0.1) is 0 Å². The zero-order valence-corrected chi connectivity index (χ0v) is 8.27. The van der Waals surface area contributed by atoms with Crippen LogP contribution in [0.25, 0.3) is 0 Å². The molecule has 0 aliphatic rings. The van der Waals surface area contributed by atoms with Crippen LogP contribution in [0.15, 0.2) is 12.4 Å². The molecule has 0 saturated heterocycles. The van der Waals surface area contributed by atoms with Crippen LogP contribution in [-0.2, 0) is 13.6 Å². The molecule has 4 nitrogen and oxygen atoms in total. The van der Waals surface area contributed by atoms with Crippen molar-refractivity contribution >= 4 is 0 Å². The lowest BCUT2D eigenvalue weighted by Crippen LogP contribution is -2.27. The molecule has 0 aromatic carbocycles. The van der Waals surface area contributed by atoms with Gasteiger partial charge in [-0.3, -0.25) is 4.90 Å². The molecule has 1 N–H and O–H groups in total. The first-order valence-corrected chi connectivity index (χ1v) is 4.57. The number of imidazole rings is 1. The summed E-state index contributed by atoms with van der Waals surface area (Å²) in [7, 11) is 1.98. The fourth-order valence-corrected chi connectivity index (χ4v) is 1.24. The molecule has 0 bridgehead atoms. The Hall–Kier alpha value is -0.870. The van der Waals surface area contributed by atoms with E-state index in [1.165, 1.54) is 0 Å². The lowest BCUT2D eigenvalue weighted by atomic mass is 10.4. The summed E-state index contributed by atoms with van der Waals surface area (Å²) in [5.74, 6) is 1.04. The van der Waals surface area contributed by atoms with E-state index in [-0.39, 0.29) is 6.61 Å². The summed E-state index contributed by atoms with van der Waals surface area (Å²) >= 11 is 0. The van der Waals surface area contributed by atoms with Crippen LogP contribution in [0.5, 0.6) is 0 Å². The summed E-state index contributed by atoms with van der Waals surface area (Å²) in [6.07, 6.45) is 3.73. The third-order valence-electron chi connectivity index (χ3n) is 2.15. The number of aliphatic hydroxyl groups excluding tert-OH is 1. The van der Waals surface area contributed by atoms with Crippen LogP contribution in [-0.4, -0.2) is 39.3 Å². The molecule has 1 rings (SSSR count). The molecule has 0 fully saturated rings. The standard InChI is InChI=1S/C9H17N3O/c1-3-12(6-7-13)8-9-10-4-5-11(9)2/h4-5,13H,3,6-8H2,1-2H3. The number of hydrogen-bond donors (Lipinski definition) is 1. The zero-order valence-electron chi connectivity index (χ0n) is 8.27. The summed E-state index contributed by atoms with van der Waals surface area (Å²) < 4.78 is 2.00. The predicted octanol–water partition coefficient (Wildman–Crippen LogP) is 0.234. The van der Waals surface area contributed by atoms with E-state index in [4.69, 9.17) is 5.11 Å². The highest BCUT2D eigenvalue weighted by Gasteiger charge is 2.05. The lowest BCUT2D eigenvalue weighted by Gasteiger charge is -2.18. The van der Waals surface area contributed by atoms with Crippen molar-refractivity contribution in [2.45, 2.75) is 13.5 Å². The first kappa shape index (κ1) is 10.2. The van der Waals surface area contributed by atoms with E-state index in [1.807, 2.05) is 17.8 Å². The largest absolute Gasteiger partial charge is 0.395 e. The maximum atomic E-state index is 8.80. The van der Waals surface area contributed by atoms with Gasteiger partial charge in [-0.25, -0.2) is 4.98 Å². The first-order valence-electron chi connectivity index (χ1n) is 4.57. The van der Waals surface area contributed by atoms with E-state index in [1.54, 1.807) is 6.20 Å². The fourth-order valence-electron chi connectivity index (χ4n) is 1.24. The molecule has 13 heavy (non-hydrogen) atoms. The van der Waals surface area contributed by atoms with Gasteiger partial charge in [0, 0.05) is 26.0 Å². The molecule has 1 aromatic rings. The maximum absolute atomic E-state index is 8.80. The van der Waals surface area contributed by atoms with Gasteiger partial charge in [-0.05, 0) is 6.54 Å². The first-order chi connectivity index (χ1) is 6.27. The number of rotatable bonds is 5. The monoisotopic (exact) mass is 183 g/mol. The number of aryl methyl sites for hydroxylation is 1. The number of hydrogen-bond acceptors (Lipinski definition) is 3. The Morgan fingerprint density at radius 2 is 2.38 bits per heavy atom. The van der Waals surface area contributed by atoms with Crippen LogP contribution in [0.2, 0.25) is 0 Å². The number of likely N-dealkylation sites (N-methyl/N-ethyl adjacent to an activating group) is 1. The zero-order chi connectivity index (χ0) is 9.68. The van der Waals surface area contributed by atoms with Crippen molar-refractivity contribution in [1.29, 1.82) is 0 Å². The summed E-state index contributed by atoms with van der Waals surface area (Å²) in [6.45, 7) is 4.74. The van der Waals surface area contributed by atoms with Gasteiger partial charge >= 0.3 is 0 Å². The molecule has 0 spiro atoms. The molecular formula is C9H17N3O. The molecule has 74 valence electrons. The average molecular weight is 183 g/mol. The van der Waals surface area contributed by atoms with Gasteiger partial charge in [0.25, 0.3) is 0 Å². The molecule has 0 atom stereocenters. The number of nitrogens with zero attached hydrogens (tertiary/aromatic N) is 3. The Bertz CT molecular complexity index is 247. The minimum absolute atomic E-state index is 0.207. The highest BCUT2D eigenvalue weighted by Crippen LogP contribution is 2.00. The Morgan fingerprint density at radius 1 is 1.62 bits per heavy atom. The van der Waals surface area contributed by atoms with Crippen molar-refractivity contribution in [1.82, 2.24) is 14.5 Å². The maximum Gasteiger partial charge on any atom is 0.122 e. The molecule has 4 heteroatoms. The summed E-state index contributed by atoms with van der Waals surface area (Å²) in [4.78, 5) is 6.38. The normalized spacial score (nSPS) is 11.1. The number of aliphatic hydroxyl groups is 1. The highest BCUT2D eigenvalue weighted by atomic mass is 16.3. The van der Waals surface area contributed by atoms with E-state index in [9.17, 15) is 0 Å². The van der Waals surface area contributed by atoms with E-state index in [0.29, 0.717) is 6.54 Å². The third-order valence-corrected chi connectivity index (χ3v) is 2.15. The second-order valence-electron chi connectivity index (χ2n) is 3.05. The highest BCUT2D eigenvalue weighted by molar-refractivity contribution is 4.90. The summed E-state index contributed by atoms with van der Waals surface area (Å²) in [6, 6.07) is 0. The van der Waals surface area contributed by atoms with Gasteiger partial charge in [0.1, 0.15) is 5.82 Å². The predicted molar refractivity (Wildman–Crippen MR) is 51.2 cm³/mol. The second-order valence-corrected chi connectivity index (χ2v) is 3.05. The molecular weight excluding hydrogens is 166 g/mol. The molecule has 1 aromatic heterocycles. The Morgan fingerprint density at radius 3 is 2.85 bits per heavy atom. The van der Waals surface area contributed by atoms with Gasteiger partial charge in [-0.15, -0.1) is 0 Å². The molecule has 0 aliphatic heterocycles. The SMILES string of the molecule is CCN(CCO)Cc1nccn1C. The fraction of sp³-hybridized carbons (Fsp3) is 0.667. The van der Waals surface area contributed by atoms with Gasteiger partial charge in [0.15, 0.2) is 0 Å². The minimum Gasteiger partial charge on any atom is -0.395 e. The van der Waals surface area contributed by atoms with E-state index < -0.39 is 0 Å². The van der Waals surface area contributed by atoms with Crippen molar-refractivity contribution in [3.8, 4) is 0 Å². The lowest BCUT2D eigenvalue weighted by molar-refractivity contribution is 0.192. The topological polar surface area (TPSA) is 41.3 Å². The van der Waals surface area contributed by atoms with Crippen LogP contribution < -0.4 is 0 Å². The second kappa shape index (κ2) is 4.99. The van der Waals surface area contributed by atoms with Gasteiger partial charge in [0.05, 0.1) is 13.2 Å². The molecule has 0 amide bonds. The molecule has 0 radical (unpaired) electrons. The quantitative estimate of drug-likeness (QED) is 0.710. The van der Waals surface area contributed by atoms with Crippen LogP contribution >= 0.6 is 0 Å². The van der Waals surface area contributed by atoms with Gasteiger partial charge < -0.3 is 9.67 Å². The Labute approximate surface area is 78.8 Å². The molecule has 0 unspecified atom stereocenters. The van der Waals surface area contributed by atoms with E-state index in [0.717, 1.165) is 18.9 Å². The van der Waals surface area contributed by atoms with Gasteiger partial charge in [-0.2, -0.15) is 0 Å². The summed E-state index contributed by atoms with van der Waals surface area (Å²) in [5.41, 5.74) is 0. The van der Waals surface area contributed by atoms with E-state index in [2.05, 4.69) is 16.8 Å². The van der Waals surface area contributed by atoms with Crippen LogP contribution in [0.1, 0.15) is 12.7 Å². The smallest absolute Gasteiger partial charge is 0.122 e. The van der Waals surface area contributed by atoms with Crippen molar-refractivity contribution in [3.05, 3.63) is 18.2 Å². The van der Waals surface area contributed by atoms with E-state index >= 15 is 0 Å². The van der Waals surface area contributed by atoms with Gasteiger partial charge in [-0.1, -0.05) is 6.92 Å². The molecule has 1 heterocycles. The minimum atomic E-state index is 0.207. The van der Waals surface area contributed by atoms with Crippen LogP contribution in [0.3, 0.4) is 0 Å². The van der Waals surface area contributed by atoms with Crippen LogP contribution in [0.4, 0.5) is 0 Å². The van der Waals surface area contributed by atoms with Crippen molar-refractivity contribution in [2.24, 2.45) is 7.05 Å². The molecule has 0 saturated carbocycles.